The molecule has 4 aliphatic carbocycles. The van der Waals surface area contributed by atoms with Crippen LogP contribution >= 0.6 is 0 Å². The van der Waals surface area contributed by atoms with Crippen molar-refractivity contribution in [3.63, 3.8) is 0 Å². The van der Waals surface area contributed by atoms with Gasteiger partial charge in [0.05, 0.1) is 11.7 Å². The van der Waals surface area contributed by atoms with Gasteiger partial charge in [-0.15, -0.1) is 0 Å². The van der Waals surface area contributed by atoms with Crippen molar-refractivity contribution in [1.82, 2.24) is 0 Å². The van der Waals surface area contributed by atoms with Crippen LogP contribution in [-0.2, 0) is 9.53 Å². The Labute approximate surface area is 153 Å². The van der Waals surface area contributed by atoms with Crippen LogP contribution in [0.25, 0.3) is 0 Å². The molecule has 4 rings (SSSR count). The zero-order valence-electron chi connectivity index (χ0n) is 16.9. The fourth-order valence-electron chi connectivity index (χ4n) is 7.00. The fourth-order valence-corrected chi connectivity index (χ4v) is 7.00. The van der Waals surface area contributed by atoms with E-state index in [1.165, 1.54) is 25.7 Å². The number of Topliss-reactive ketones (excluding diaryl/α,β-unsaturated/α-hetero) is 1. The summed E-state index contributed by atoms with van der Waals surface area (Å²) >= 11 is 0. The third-order valence-corrected chi connectivity index (χ3v) is 8.29. The smallest absolute Gasteiger partial charge is 0.139 e. The largest absolute Gasteiger partial charge is 0.372 e. The van der Waals surface area contributed by atoms with E-state index in [1.807, 2.05) is 0 Å². The van der Waals surface area contributed by atoms with Crippen LogP contribution < -0.4 is 0 Å². The molecule has 3 saturated carbocycles. The molecule has 25 heavy (non-hydrogen) atoms. The van der Waals surface area contributed by atoms with Crippen LogP contribution in [0.4, 0.5) is 0 Å². The molecular weight excluding hydrogens is 308 g/mol. The lowest BCUT2D eigenvalue weighted by Crippen LogP contribution is -2.50. The van der Waals surface area contributed by atoms with Crippen molar-refractivity contribution in [3.05, 3.63) is 11.6 Å². The Bertz CT molecular complexity index is 598. The Morgan fingerprint density at radius 1 is 1.04 bits per heavy atom. The molecule has 0 radical (unpaired) electrons. The molecule has 2 nitrogen and oxygen atoms in total. The molecule has 0 aromatic carbocycles. The second kappa shape index (κ2) is 5.68. The van der Waals surface area contributed by atoms with Gasteiger partial charge in [0.2, 0.25) is 0 Å². The summed E-state index contributed by atoms with van der Waals surface area (Å²) in [7, 11) is 0. The summed E-state index contributed by atoms with van der Waals surface area (Å²) in [5, 5.41) is 0. The summed E-state index contributed by atoms with van der Waals surface area (Å²) in [5.74, 6) is 2.71. The van der Waals surface area contributed by atoms with Crippen LogP contribution in [0.2, 0.25) is 0 Å². The summed E-state index contributed by atoms with van der Waals surface area (Å²) in [5.41, 5.74) is 1.97. The Morgan fingerprint density at radius 2 is 1.72 bits per heavy atom. The first-order valence-electron chi connectivity index (χ1n) is 10.5. The van der Waals surface area contributed by atoms with E-state index in [0.717, 1.165) is 37.5 Å². The number of fused-ring (bicyclic) bond motifs is 5. The molecule has 4 aliphatic rings. The van der Waals surface area contributed by atoms with Crippen molar-refractivity contribution in [2.75, 3.05) is 0 Å². The second-order valence-electron chi connectivity index (χ2n) is 10.8. The van der Waals surface area contributed by atoms with Gasteiger partial charge in [-0.2, -0.15) is 0 Å². The molecule has 0 heterocycles. The van der Waals surface area contributed by atoms with Crippen LogP contribution in [0, 0.1) is 28.6 Å². The minimum absolute atomic E-state index is 0.00455. The molecular formula is C23H36O2. The predicted octanol–water partition coefficient (Wildman–Crippen LogP) is 5.70. The van der Waals surface area contributed by atoms with Gasteiger partial charge >= 0.3 is 0 Å². The van der Waals surface area contributed by atoms with Gasteiger partial charge in [0.15, 0.2) is 0 Å². The Balaban J connectivity index is 1.57. The third-order valence-electron chi connectivity index (χ3n) is 8.29. The molecule has 0 aromatic heterocycles. The van der Waals surface area contributed by atoms with E-state index in [1.54, 1.807) is 5.57 Å². The lowest BCUT2D eigenvalue weighted by molar-refractivity contribution is -0.132. The van der Waals surface area contributed by atoms with Crippen molar-refractivity contribution in [2.24, 2.45) is 28.6 Å². The second-order valence-corrected chi connectivity index (χ2v) is 10.8. The van der Waals surface area contributed by atoms with Gasteiger partial charge in [-0.3, -0.25) is 4.79 Å². The normalized spacial score (nSPS) is 46.9. The molecule has 0 aromatic rings. The molecule has 0 amide bonds. The highest BCUT2D eigenvalue weighted by atomic mass is 16.5. The van der Waals surface area contributed by atoms with E-state index in [2.05, 4.69) is 40.7 Å². The molecule has 0 spiro atoms. The van der Waals surface area contributed by atoms with E-state index in [4.69, 9.17) is 4.74 Å². The number of hydrogen-bond acceptors (Lipinski definition) is 2. The van der Waals surface area contributed by atoms with Crippen LogP contribution in [0.3, 0.4) is 0 Å². The first-order chi connectivity index (χ1) is 11.6. The minimum atomic E-state index is -0.0486. The van der Waals surface area contributed by atoms with Crippen molar-refractivity contribution in [1.29, 1.82) is 0 Å². The average molecular weight is 345 g/mol. The van der Waals surface area contributed by atoms with Crippen molar-refractivity contribution >= 4 is 5.78 Å². The molecule has 0 saturated heterocycles. The van der Waals surface area contributed by atoms with E-state index in [-0.39, 0.29) is 11.0 Å². The zero-order valence-corrected chi connectivity index (χ0v) is 16.9. The van der Waals surface area contributed by atoms with Crippen LogP contribution in [0.1, 0.15) is 86.0 Å². The molecule has 0 N–H and O–H groups in total. The van der Waals surface area contributed by atoms with Gasteiger partial charge in [0, 0.05) is 11.8 Å². The van der Waals surface area contributed by atoms with Gasteiger partial charge in [-0.1, -0.05) is 25.5 Å². The van der Waals surface area contributed by atoms with Crippen LogP contribution in [-0.4, -0.2) is 17.5 Å². The fraction of sp³-hybridized carbons (Fsp3) is 0.870. The van der Waals surface area contributed by atoms with Gasteiger partial charge in [-0.25, -0.2) is 0 Å². The minimum Gasteiger partial charge on any atom is -0.372 e. The quantitative estimate of drug-likeness (QED) is 0.570. The lowest BCUT2D eigenvalue weighted by atomic mass is 9.48. The number of allylic oxidation sites excluding steroid dienone is 1. The summed E-state index contributed by atoms with van der Waals surface area (Å²) < 4.78 is 6.32. The van der Waals surface area contributed by atoms with Crippen LogP contribution in [0.5, 0.6) is 0 Å². The maximum Gasteiger partial charge on any atom is 0.139 e. The number of carbonyl (C=O) groups is 1. The monoisotopic (exact) mass is 344 g/mol. The standard InChI is InChI=1S/C23H36O2/c1-21(2,3)25-16-10-12-22(4)15(14-16)6-7-17-18-8-9-20(24)23(18,5)13-11-19(17)22/h6,16-19H,7-14H2,1-5H3/t16?,17-,18-,19+,22-,23-/m0/s1. The predicted molar refractivity (Wildman–Crippen MR) is 101 cm³/mol. The van der Waals surface area contributed by atoms with E-state index >= 15 is 0 Å². The molecule has 140 valence electrons. The first-order valence-corrected chi connectivity index (χ1v) is 10.5. The van der Waals surface area contributed by atoms with E-state index < -0.39 is 0 Å². The third kappa shape index (κ3) is 2.74. The molecule has 2 heteroatoms. The summed E-state index contributed by atoms with van der Waals surface area (Å²) in [4.78, 5) is 12.5. The maximum absolute atomic E-state index is 12.5. The van der Waals surface area contributed by atoms with Crippen molar-refractivity contribution in [3.8, 4) is 0 Å². The number of carbonyl (C=O) groups excluding carboxylic acids is 1. The Hall–Kier alpha value is -0.630. The first kappa shape index (κ1) is 17.8. The Morgan fingerprint density at radius 3 is 2.44 bits per heavy atom. The topological polar surface area (TPSA) is 26.3 Å². The van der Waals surface area contributed by atoms with Gasteiger partial charge in [0.25, 0.3) is 0 Å². The van der Waals surface area contributed by atoms with Crippen LogP contribution in [0.15, 0.2) is 11.6 Å². The van der Waals surface area contributed by atoms with E-state index in [0.29, 0.717) is 23.2 Å². The van der Waals surface area contributed by atoms with Gasteiger partial charge in [0.1, 0.15) is 5.78 Å². The molecule has 0 bridgehead atoms. The molecule has 3 fully saturated rings. The zero-order chi connectivity index (χ0) is 18.0. The highest BCUT2D eigenvalue weighted by molar-refractivity contribution is 5.87. The number of hydrogen-bond donors (Lipinski definition) is 0. The lowest BCUT2D eigenvalue weighted by Gasteiger charge is -2.57. The summed E-state index contributed by atoms with van der Waals surface area (Å²) in [6.07, 6.45) is 12.1. The average Bonchev–Trinajstić information content (AvgIpc) is 2.82. The van der Waals surface area contributed by atoms with Crippen molar-refractivity contribution in [2.45, 2.75) is 97.7 Å². The maximum atomic E-state index is 12.5. The Kier molecular flexibility index (Phi) is 4.04. The SMILES string of the molecule is CC(C)(C)OC1CC[C@@]2(C)C(=CC[C@@H]3[C@H]2CC[C@]2(C)C(=O)CC[C@@H]32)C1. The highest BCUT2D eigenvalue weighted by Gasteiger charge is 2.58. The molecule has 1 unspecified atom stereocenters. The van der Waals surface area contributed by atoms with E-state index in [9.17, 15) is 4.79 Å². The number of ether oxygens (including phenoxy) is 1. The summed E-state index contributed by atoms with van der Waals surface area (Å²) in [6, 6.07) is 0. The van der Waals surface area contributed by atoms with Gasteiger partial charge in [-0.05, 0) is 88.9 Å². The molecule has 0 aliphatic heterocycles. The van der Waals surface area contributed by atoms with Gasteiger partial charge < -0.3 is 4.74 Å². The highest BCUT2D eigenvalue weighted by Crippen LogP contribution is 2.64. The summed E-state index contributed by atoms with van der Waals surface area (Å²) in [6.45, 7) is 11.3. The molecule has 6 atom stereocenters. The number of rotatable bonds is 1. The number of ketones is 1. The van der Waals surface area contributed by atoms with Crippen molar-refractivity contribution < 1.29 is 9.53 Å².